The Labute approximate surface area is 214 Å². The van der Waals surface area contributed by atoms with E-state index in [1.165, 1.54) is 4.68 Å². The first-order valence-corrected chi connectivity index (χ1v) is 12.0. The Morgan fingerprint density at radius 1 is 0.917 bits per heavy atom. The molecule has 0 amide bonds. The molecule has 0 fully saturated rings. The van der Waals surface area contributed by atoms with E-state index in [1.54, 1.807) is 43.3 Å². The summed E-state index contributed by atoms with van der Waals surface area (Å²) in [6, 6.07) is 23.1. The van der Waals surface area contributed by atoms with Crippen molar-refractivity contribution in [2.24, 2.45) is 0 Å². The summed E-state index contributed by atoms with van der Waals surface area (Å²) in [6.45, 7) is 3.98. The van der Waals surface area contributed by atoms with Crippen LogP contribution in [-0.4, -0.2) is 14.8 Å². The Hall–Kier alpha value is -3.65. The lowest BCUT2D eigenvalue weighted by atomic mass is 10.0. The lowest BCUT2D eigenvalue weighted by Crippen LogP contribution is -2.08. The van der Waals surface area contributed by atoms with Crippen LogP contribution in [0.25, 0.3) is 28.0 Å². The molecule has 0 bridgehead atoms. The van der Waals surface area contributed by atoms with Crippen molar-refractivity contribution in [3.63, 3.8) is 0 Å². The van der Waals surface area contributed by atoms with Gasteiger partial charge in [-0.3, -0.25) is 0 Å². The number of benzene rings is 3. The normalized spacial score (nSPS) is 11.7. The fourth-order valence-corrected chi connectivity index (χ4v) is 4.34. The Morgan fingerprint density at radius 2 is 1.61 bits per heavy atom. The summed E-state index contributed by atoms with van der Waals surface area (Å²) < 4.78 is 50.6. The molecule has 0 unspecified atom stereocenters. The molecule has 0 aliphatic carbocycles. The van der Waals surface area contributed by atoms with Gasteiger partial charge in [-0.15, -0.1) is 0 Å². The van der Waals surface area contributed by atoms with E-state index in [0.29, 0.717) is 23.6 Å². The summed E-state index contributed by atoms with van der Waals surface area (Å²) in [5.74, 6) is 0.620. The summed E-state index contributed by atoms with van der Waals surface area (Å²) in [6.07, 6.45) is -4.56. The fraction of sp³-hybridized carbons (Fsp3) is 0.143. The molecule has 2 aromatic heterocycles. The van der Waals surface area contributed by atoms with Crippen LogP contribution in [0.2, 0.25) is 0 Å². The maximum Gasteiger partial charge on any atom is 0.417 e. The zero-order valence-corrected chi connectivity index (χ0v) is 21.1. The van der Waals surface area contributed by atoms with Gasteiger partial charge in [0.25, 0.3) is 0 Å². The fourth-order valence-electron chi connectivity index (χ4n) is 4.08. The third kappa shape index (κ3) is 4.73. The second kappa shape index (κ2) is 9.43. The van der Waals surface area contributed by atoms with Crippen molar-refractivity contribution in [3.8, 4) is 22.7 Å². The summed E-state index contributed by atoms with van der Waals surface area (Å²) in [5.41, 5.74) is 3.23. The molecular weight excluding hydrogens is 531 g/mol. The highest BCUT2D eigenvalue weighted by Gasteiger charge is 2.35. The second-order valence-electron chi connectivity index (χ2n) is 8.46. The molecule has 0 atom stereocenters. The van der Waals surface area contributed by atoms with Gasteiger partial charge >= 0.3 is 6.18 Å². The highest BCUT2D eigenvalue weighted by Crippen LogP contribution is 2.39. The molecule has 0 spiro atoms. The Balaban J connectivity index is 1.54. The maximum atomic E-state index is 14.1. The van der Waals surface area contributed by atoms with E-state index in [-0.39, 0.29) is 22.4 Å². The summed E-state index contributed by atoms with van der Waals surface area (Å²) in [7, 11) is 0. The molecule has 5 rings (SSSR count). The van der Waals surface area contributed by atoms with Crippen molar-refractivity contribution in [1.29, 1.82) is 0 Å². The zero-order chi connectivity index (χ0) is 25.4. The average molecular weight is 552 g/mol. The number of nitrogens with zero attached hydrogens (tertiary/aromatic N) is 3. The van der Waals surface area contributed by atoms with E-state index in [2.05, 4.69) is 26.0 Å². The van der Waals surface area contributed by atoms with Crippen molar-refractivity contribution in [3.05, 3.63) is 106 Å². The molecule has 0 saturated heterocycles. The van der Waals surface area contributed by atoms with Crippen molar-refractivity contribution in [2.45, 2.75) is 26.6 Å². The number of rotatable bonds is 5. The van der Waals surface area contributed by atoms with Crippen LogP contribution >= 0.6 is 15.9 Å². The first-order chi connectivity index (χ1) is 17.2. The number of halogens is 4. The Kier molecular flexibility index (Phi) is 6.30. The van der Waals surface area contributed by atoms with E-state index in [4.69, 9.17) is 4.74 Å². The molecule has 0 N–H and O–H groups in total. The van der Waals surface area contributed by atoms with Crippen molar-refractivity contribution >= 4 is 27.0 Å². The average Bonchev–Trinajstić information content (AvgIpc) is 3.19. The largest absolute Gasteiger partial charge is 0.489 e. The monoisotopic (exact) mass is 551 g/mol. The number of pyridine rings is 1. The van der Waals surface area contributed by atoms with Crippen LogP contribution in [0.3, 0.4) is 0 Å². The molecule has 2 heterocycles. The van der Waals surface area contributed by atoms with Crippen LogP contribution in [0.4, 0.5) is 13.2 Å². The van der Waals surface area contributed by atoms with Crippen LogP contribution in [0.1, 0.15) is 22.4 Å². The molecule has 0 aliphatic rings. The highest BCUT2D eigenvalue weighted by atomic mass is 79.9. The number of aromatic nitrogens is 3. The molecule has 5 aromatic rings. The maximum absolute atomic E-state index is 14.1. The van der Waals surface area contributed by atoms with E-state index in [1.807, 2.05) is 43.3 Å². The number of hydrogen-bond acceptors (Lipinski definition) is 3. The summed E-state index contributed by atoms with van der Waals surface area (Å²) >= 11 is 3.38. The predicted octanol–water partition coefficient (Wildman–Crippen LogP) is 8.06. The van der Waals surface area contributed by atoms with Crippen LogP contribution in [0, 0.1) is 13.8 Å². The molecule has 0 aliphatic heterocycles. The third-order valence-electron chi connectivity index (χ3n) is 6.00. The van der Waals surface area contributed by atoms with E-state index < -0.39 is 11.7 Å². The second-order valence-corrected chi connectivity index (χ2v) is 9.38. The third-order valence-corrected chi connectivity index (χ3v) is 6.52. The number of aryl methyl sites for hydroxylation is 2. The molecule has 36 heavy (non-hydrogen) atoms. The zero-order valence-electron chi connectivity index (χ0n) is 19.5. The van der Waals surface area contributed by atoms with Crippen molar-refractivity contribution < 1.29 is 17.9 Å². The lowest BCUT2D eigenvalue weighted by molar-refractivity contribution is -0.136. The minimum absolute atomic E-state index is 0.00708. The van der Waals surface area contributed by atoms with Crippen LogP contribution in [0.5, 0.6) is 5.75 Å². The molecule has 3 aromatic carbocycles. The quantitative estimate of drug-likeness (QED) is 0.222. The number of hydrogen-bond donors (Lipinski definition) is 0. The molecular formula is C28H21BrF3N3O. The van der Waals surface area contributed by atoms with Gasteiger partial charge in [-0.2, -0.15) is 18.3 Å². The van der Waals surface area contributed by atoms with Gasteiger partial charge in [0.05, 0.1) is 28.0 Å². The molecule has 4 nitrogen and oxygen atoms in total. The number of alkyl halides is 3. The minimum Gasteiger partial charge on any atom is -0.489 e. The molecule has 0 saturated carbocycles. The van der Waals surface area contributed by atoms with Crippen LogP contribution in [-0.2, 0) is 12.8 Å². The Bertz CT molecular complexity index is 1540. The topological polar surface area (TPSA) is 39.9 Å². The number of fused-ring (bicyclic) bond motifs is 1. The van der Waals surface area contributed by atoms with Crippen molar-refractivity contribution in [2.75, 3.05) is 0 Å². The first kappa shape index (κ1) is 24.1. The van der Waals surface area contributed by atoms with Crippen LogP contribution < -0.4 is 4.74 Å². The van der Waals surface area contributed by atoms with Gasteiger partial charge in [-0.25, -0.2) is 9.67 Å². The molecule has 8 heteroatoms. The van der Waals surface area contributed by atoms with Gasteiger partial charge in [-0.05, 0) is 79.6 Å². The lowest BCUT2D eigenvalue weighted by Gasteiger charge is -2.13. The molecule has 0 radical (unpaired) electrons. The van der Waals surface area contributed by atoms with Gasteiger partial charge in [0.15, 0.2) is 5.65 Å². The standard InChI is InChI=1S/C28H21BrF3N3O/c1-17-5-3-4-6-20(17)16-36-23-13-7-19(8-14-23)25-15-24(28(30,31)32)26-18(2)34-35(27(26)33-25)22-11-9-21(29)10-12-22/h3-15H,16H2,1-2H3. The summed E-state index contributed by atoms with van der Waals surface area (Å²) in [5, 5.41) is 4.38. The first-order valence-electron chi connectivity index (χ1n) is 11.2. The van der Waals surface area contributed by atoms with Gasteiger partial charge < -0.3 is 4.74 Å². The predicted molar refractivity (Wildman–Crippen MR) is 137 cm³/mol. The molecule has 182 valence electrons. The van der Waals surface area contributed by atoms with Gasteiger partial charge in [0.2, 0.25) is 0 Å². The van der Waals surface area contributed by atoms with Gasteiger partial charge in [-0.1, -0.05) is 40.2 Å². The van der Waals surface area contributed by atoms with Gasteiger partial charge in [0, 0.05) is 10.0 Å². The van der Waals surface area contributed by atoms with E-state index >= 15 is 0 Å². The van der Waals surface area contributed by atoms with Gasteiger partial charge in [0.1, 0.15) is 12.4 Å². The van der Waals surface area contributed by atoms with E-state index in [0.717, 1.165) is 21.7 Å². The Morgan fingerprint density at radius 3 is 2.28 bits per heavy atom. The minimum atomic E-state index is -4.56. The van der Waals surface area contributed by atoms with E-state index in [9.17, 15) is 13.2 Å². The van der Waals surface area contributed by atoms with Crippen molar-refractivity contribution in [1.82, 2.24) is 14.8 Å². The highest BCUT2D eigenvalue weighted by molar-refractivity contribution is 9.10. The SMILES string of the molecule is Cc1ccccc1COc1ccc(-c2cc(C(F)(F)F)c3c(C)nn(-c4ccc(Br)cc4)c3n2)cc1. The van der Waals surface area contributed by atoms with Crippen LogP contribution in [0.15, 0.2) is 83.3 Å². The number of ether oxygens (including phenoxy) is 1. The summed E-state index contributed by atoms with van der Waals surface area (Å²) in [4.78, 5) is 4.62. The smallest absolute Gasteiger partial charge is 0.417 e.